The van der Waals surface area contributed by atoms with Crippen LogP contribution in [-0.4, -0.2) is 35.6 Å². The number of carbonyl (C=O) groups excluding carboxylic acids is 1. The van der Waals surface area contributed by atoms with Crippen molar-refractivity contribution in [2.24, 2.45) is 5.41 Å². The third kappa shape index (κ3) is 3.97. The van der Waals surface area contributed by atoms with Crippen molar-refractivity contribution < 1.29 is 14.7 Å². The molecule has 0 radical (unpaired) electrons. The fraction of sp³-hybridized carbons (Fsp3) is 0.600. The molecule has 0 aliphatic heterocycles. The van der Waals surface area contributed by atoms with Gasteiger partial charge in [0.2, 0.25) is 0 Å². The van der Waals surface area contributed by atoms with Crippen molar-refractivity contribution in [2.75, 3.05) is 13.6 Å². The molecule has 0 unspecified atom stereocenters. The minimum Gasteiger partial charge on any atom is -0.481 e. The highest BCUT2D eigenvalue weighted by Crippen LogP contribution is 2.36. The molecule has 2 amide bonds. The highest BCUT2D eigenvalue weighted by atomic mass is 32.1. The molecule has 0 bridgehead atoms. The first-order valence-corrected chi connectivity index (χ1v) is 8.21. The zero-order valence-corrected chi connectivity index (χ0v) is 13.1. The van der Waals surface area contributed by atoms with E-state index in [1.807, 2.05) is 16.8 Å². The van der Waals surface area contributed by atoms with Gasteiger partial charge >= 0.3 is 12.0 Å². The van der Waals surface area contributed by atoms with Crippen LogP contribution < -0.4 is 5.32 Å². The van der Waals surface area contributed by atoms with Gasteiger partial charge in [-0.2, -0.15) is 11.3 Å². The van der Waals surface area contributed by atoms with Crippen molar-refractivity contribution in [3.8, 4) is 0 Å². The molecular formula is C15H22N2O3S. The lowest BCUT2D eigenvalue weighted by Crippen LogP contribution is -2.47. The van der Waals surface area contributed by atoms with E-state index in [1.165, 1.54) is 0 Å². The predicted octanol–water partition coefficient (Wildman–Crippen LogP) is 2.92. The first-order valence-electron chi connectivity index (χ1n) is 7.27. The fourth-order valence-electron chi connectivity index (χ4n) is 2.80. The standard InChI is InChI=1S/C15H22N2O3S/c1-17(9-12-5-8-21-10-12)14(20)16-11-15(13(18)19)6-3-2-4-7-15/h5,8,10H,2-4,6-7,9,11H2,1H3,(H,16,20)(H,18,19). The predicted molar refractivity (Wildman–Crippen MR) is 82.3 cm³/mol. The maximum Gasteiger partial charge on any atom is 0.317 e. The molecule has 0 spiro atoms. The molecule has 2 rings (SSSR count). The summed E-state index contributed by atoms with van der Waals surface area (Å²) in [4.78, 5) is 25.2. The second-order valence-corrected chi connectivity index (χ2v) is 6.57. The van der Waals surface area contributed by atoms with Crippen molar-refractivity contribution in [3.05, 3.63) is 22.4 Å². The van der Waals surface area contributed by atoms with Crippen LogP contribution in [0.5, 0.6) is 0 Å². The molecule has 1 aliphatic carbocycles. The Morgan fingerprint density at radius 1 is 1.38 bits per heavy atom. The maximum atomic E-state index is 12.1. The Balaban J connectivity index is 1.88. The summed E-state index contributed by atoms with van der Waals surface area (Å²) in [6.45, 7) is 0.755. The van der Waals surface area contributed by atoms with E-state index in [9.17, 15) is 14.7 Å². The van der Waals surface area contributed by atoms with Crippen LogP contribution >= 0.6 is 11.3 Å². The average Bonchev–Trinajstić information content (AvgIpc) is 2.98. The number of amides is 2. The van der Waals surface area contributed by atoms with Crippen LogP contribution in [0, 0.1) is 5.41 Å². The summed E-state index contributed by atoms with van der Waals surface area (Å²) in [7, 11) is 1.72. The van der Waals surface area contributed by atoms with E-state index < -0.39 is 11.4 Å². The fourth-order valence-corrected chi connectivity index (χ4v) is 3.46. The van der Waals surface area contributed by atoms with Crippen molar-refractivity contribution in [1.82, 2.24) is 10.2 Å². The van der Waals surface area contributed by atoms with Gasteiger partial charge in [0, 0.05) is 20.1 Å². The number of nitrogens with zero attached hydrogens (tertiary/aromatic N) is 1. The number of carbonyl (C=O) groups is 2. The molecule has 1 fully saturated rings. The molecule has 1 aliphatic rings. The second-order valence-electron chi connectivity index (χ2n) is 5.79. The van der Waals surface area contributed by atoms with E-state index in [4.69, 9.17) is 0 Å². The van der Waals surface area contributed by atoms with E-state index in [2.05, 4.69) is 5.32 Å². The van der Waals surface area contributed by atoms with Crippen molar-refractivity contribution >= 4 is 23.3 Å². The molecule has 6 heteroatoms. The smallest absolute Gasteiger partial charge is 0.317 e. The van der Waals surface area contributed by atoms with Gasteiger partial charge in [-0.05, 0) is 35.2 Å². The Morgan fingerprint density at radius 2 is 2.10 bits per heavy atom. The lowest BCUT2D eigenvalue weighted by atomic mass is 9.74. The summed E-state index contributed by atoms with van der Waals surface area (Å²) >= 11 is 1.60. The minimum atomic E-state index is -0.789. The van der Waals surface area contributed by atoms with E-state index in [-0.39, 0.29) is 12.6 Å². The number of thiophene rings is 1. The number of hydrogen-bond donors (Lipinski definition) is 2. The third-order valence-electron chi connectivity index (χ3n) is 4.19. The lowest BCUT2D eigenvalue weighted by Gasteiger charge is -2.33. The van der Waals surface area contributed by atoms with Crippen molar-refractivity contribution in [3.63, 3.8) is 0 Å². The number of nitrogens with one attached hydrogen (secondary N) is 1. The normalized spacial score (nSPS) is 17.2. The number of aliphatic carboxylic acids is 1. The van der Waals surface area contributed by atoms with Crippen LogP contribution in [-0.2, 0) is 11.3 Å². The molecule has 0 aromatic carbocycles. The number of hydrogen-bond acceptors (Lipinski definition) is 3. The van der Waals surface area contributed by atoms with E-state index in [1.54, 1.807) is 23.3 Å². The topological polar surface area (TPSA) is 69.6 Å². The van der Waals surface area contributed by atoms with Gasteiger partial charge in [-0.1, -0.05) is 19.3 Å². The van der Waals surface area contributed by atoms with Gasteiger partial charge in [-0.3, -0.25) is 4.79 Å². The monoisotopic (exact) mass is 310 g/mol. The number of urea groups is 1. The zero-order chi connectivity index (χ0) is 15.3. The summed E-state index contributed by atoms with van der Waals surface area (Å²) < 4.78 is 0. The molecule has 116 valence electrons. The summed E-state index contributed by atoms with van der Waals surface area (Å²) in [5.74, 6) is -0.789. The minimum absolute atomic E-state index is 0.215. The van der Waals surface area contributed by atoms with Gasteiger partial charge in [0.25, 0.3) is 0 Å². The Hall–Kier alpha value is -1.56. The molecule has 1 aromatic rings. The Morgan fingerprint density at radius 3 is 2.67 bits per heavy atom. The molecule has 5 nitrogen and oxygen atoms in total. The van der Waals surface area contributed by atoms with Gasteiger partial charge in [0.1, 0.15) is 0 Å². The summed E-state index contributed by atoms with van der Waals surface area (Å²) in [5, 5.41) is 16.3. The summed E-state index contributed by atoms with van der Waals surface area (Å²) in [6, 6.07) is 1.77. The molecule has 1 aromatic heterocycles. The van der Waals surface area contributed by atoms with Crippen LogP contribution in [0.15, 0.2) is 16.8 Å². The summed E-state index contributed by atoms with van der Waals surface area (Å²) in [5.41, 5.74) is 0.306. The van der Waals surface area contributed by atoms with Crippen molar-refractivity contribution in [2.45, 2.75) is 38.6 Å². The summed E-state index contributed by atoms with van der Waals surface area (Å²) in [6.07, 6.45) is 4.23. The SMILES string of the molecule is CN(Cc1ccsc1)C(=O)NCC1(C(=O)O)CCCCC1. The molecule has 1 heterocycles. The molecule has 0 atom stereocenters. The third-order valence-corrected chi connectivity index (χ3v) is 4.92. The maximum absolute atomic E-state index is 12.1. The van der Waals surface area contributed by atoms with Crippen LogP contribution in [0.25, 0.3) is 0 Å². The Kier molecular flexibility index (Phi) is 5.22. The lowest BCUT2D eigenvalue weighted by molar-refractivity contribution is -0.150. The number of carboxylic acids is 1. The molecule has 0 saturated heterocycles. The van der Waals surface area contributed by atoms with Crippen molar-refractivity contribution in [1.29, 1.82) is 0 Å². The van der Waals surface area contributed by atoms with Crippen LogP contribution in [0.2, 0.25) is 0 Å². The van der Waals surface area contributed by atoms with E-state index in [0.717, 1.165) is 24.8 Å². The highest BCUT2D eigenvalue weighted by Gasteiger charge is 2.39. The van der Waals surface area contributed by atoms with Gasteiger partial charge in [-0.25, -0.2) is 4.79 Å². The number of rotatable bonds is 5. The quantitative estimate of drug-likeness (QED) is 0.878. The van der Waals surface area contributed by atoms with E-state index >= 15 is 0 Å². The van der Waals surface area contributed by atoms with Crippen LogP contribution in [0.3, 0.4) is 0 Å². The second kappa shape index (κ2) is 6.93. The molecule has 2 N–H and O–H groups in total. The largest absolute Gasteiger partial charge is 0.481 e. The van der Waals surface area contributed by atoms with Crippen LogP contribution in [0.1, 0.15) is 37.7 Å². The van der Waals surface area contributed by atoms with Gasteiger partial charge in [-0.15, -0.1) is 0 Å². The highest BCUT2D eigenvalue weighted by molar-refractivity contribution is 7.07. The first kappa shape index (κ1) is 15.8. The van der Waals surface area contributed by atoms with Gasteiger partial charge in [0.15, 0.2) is 0 Å². The average molecular weight is 310 g/mol. The van der Waals surface area contributed by atoms with Crippen LogP contribution in [0.4, 0.5) is 4.79 Å². The zero-order valence-electron chi connectivity index (χ0n) is 12.3. The van der Waals surface area contributed by atoms with Gasteiger partial charge < -0.3 is 15.3 Å². The van der Waals surface area contributed by atoms with E-state index in [0.29, 0.717) is 19.4 Å². The Labute approximate surface area is 129 Å². The van der Waals surface area contributed by atoms with Gasteiger partial charge in [0.05, 0.1) is 5.41 Å². The Bertz CT molecular complexity index is 481. The molecule has 21 heavy (non-hydrogen) atoms. The first-order chi connectivity index (χ1) is 10.0. The number of carboxylic acid groups (broad SMARTS) is 1. The molecular weight excluding hydrogens is 288 g/mol. The molecule has 1 saturated carbocycles.